The zero-order valence-corrected chi connectivity index (χ0v) is 47.3. The van der Waals surface area contributed by atoms with E-state index in [-0.39, 0.29) is 11.6 Å². The Morgan fingerprint density at radius 3 is 1.14 bits per heavy atom. The van der Waals surface area contributed by atoms with Gasteiger partial charge < -0.3 is 28.4 Å². The number of benzene rings is 2. The van der Waals surface area contributed by atoms with Crippen molar-refractivity contribution < 1.29 is 45.3 Å². The van der Waals surface area contributed by atoms with E-state index < -0.39 is 53.9 Å². The van der Waals surface area contributed by atoms with Crippen molar-refractivity contribution in [2.24, 2.45) is 0 Å². The van der Waals surface area contributed by atoms with Crippen LogP contribution < -0.4 is 18.9 Å². The van der Waals surface area contributed by atoms with Crippen molar-refractivity contribution in [1.82, 2.24) is 59.4 Å². The van der Waals surface area contributed by atoms with E-state index in [4.69, 9.17) is 28.4 Å². The second kappa shape index (κ2) is 25.6. The van der Waals surface area contributed by atoms with Crippen LogP contribution in [0.25, 0.3) is 34.2 Å². The van der Waals surface area contributed by atoms with Crippen LogP contribution >= 0.6 is 0 Å². The predicted octanol–water partition coefficient (Wildman–Crippen LogP) is 7.67. The van der Waals surface area contributed by atoms with Gasteiger partial charge >= 0.3 is 0 Å². The Bertz CT molecular complexity index is 3270. The molecule has 8 rings (SSSR count). The highest BCUT2D eigenvalue weighted by Crippen LogP contribution is 2.39. The van der Waals surface area contributed by atoms with Crippen molar-refractivity contribution in [3.05, 3.63) is 144 Å². The first-order chi connectivity index (χ1) is 37.4. The number of pyridine rings is 2. The van der Waals surface area contributed by atoms with Gasteiger partial charge in [-0.3, -0.25) is 39.0 Å². The second-order valence-corrected chi connectivity index (χ2v) is 22.7. The van der Waals surface area contributed by atoms with E-state index in [1.807, 2.05) is 39.8 Å². The molecule has 0 aliphatic rings. The van der Waals surface area contributed by atoms with Crippen molar-refractivity contribution >= 4 is 19.7 Å². The topological polar surface area (TPSA) is 262 Å². The third kappa shape index (κ3) is 13.0. The molecule has 6 aromatic heterocycles. The highest BCUT2D eigenvalue weighted by molar-refractivity contribution is 7.91. The highest BCUT2D eigenvalue weighted by atomic mass is 32.2. The van der Waals surface area contributed by atoms with Crippen LogP contribution in [0.2, 0.25) is 0 Å². The third-order valence-corrected chi connectivity index (χ3v) is 16.6. The molecular formula is C54H64N12O10S2. The lowest BCUT2D eigenvalue weighted by atomic mass is 10.2. The minimum absolute atomic E-state index is 0.186. The molecule has 4 atom stereocenters. The number of methoxy groups -OCH3 is 4. The molecule has 0 aliphatic heterocycles. The minimum atomic E-state index is -3.85. The van der Waals surface area contributed by atoms with E-state index in [0.29, 0.717) is 81.8 Å². The molecule has 22 nitrogen and oxygen atoms in total. The highest BCUT2D eigenvalue weighted by Gasteiger charge is 2.37. The maximum Gasteiger partial charge on any atom is 0.170 e. The van der Waals surface area contributed by atoms with Crippen molar-refractivity contribution in [2.45, 2.75) is 89.6 Å². The average Bonchev–Trinajstić information content (AvgIpc) is 4.04. The molecule has 0 N–H and O–H groups in total. The molecule has 0 radical (unpaired) electrons. The summed E-state index contributed by atoms with van der Waals surface area (Å²) in [5.41, 5.74) is 6.44. The van der Waals surface area contributed by atoms with Gasteiger partial charge in [-0.15, -0.1) is 20.4 Å². The van der Waals surface area contributed by atoms with E-state index in [2.05, 4.69) is 50.3 Å². The summed E-state index contributed by atoms with van der Waals surface area (Å²) in [7, 11) is -1.58. The van der Waals surface area contributed by atoms with E-state index in [1.54, 1.807) is 123 Å². The van der Waals surface area contributed by atoms with Crippen LogP contribution in [0.4, 0.5) is 0 Å². The maximum absolute atomic E-state index is 13.9. The van der Waals surface area contributed by atoms with Crippen molar-refractivity contribution in [3.63, 3.8) is 0 Å². The fraction of sp³-hybridized carbons (Fsp3) is 0.370. The molecule has 0 spiro atoms. The quantitative estimate of drug-likeness (QED) is 0.0630. The van der Waals surface area contributed by atoms with Crippen LogP contribution in [0.5, 0.6) is 23.0 Å². The summed E-state index contributed by atoms with van der Waals surface area (Å²) in [5.74, 6) is 2.17. The van der Waals surface area contributed by atoms with E-state index in [9.17, 15) is 16.8 Å². The molecule has 24 heteroatoms. The van der Waals surface area contributed by atoms with Gasteiger partial charge in [0.1, 0.15) is 58.1 Å². The number of ether oxygens (including phenoxy) is 6. The van der Waals surface area contributed by atoms with Crippen LogP contribution in [-0.4, -0.2) is 128 Å². The molecule has 78 heavy (non-hydrogen) atoms. The summed E-state index contributed by atoms with van der Waals surface area (Å²) in [6, 6.07) is 14.4. The molecule has 0 saturated heterocycles. The number of sulfone groups is 2. The normalized spacial score (nSPS) is 13.2. The number of rotatable bonds is 22. The summed E-state index contributed by atoms with van der Waals surface area (Å²) in [6.45, 7) is 14.9. The van der Waals surface area contributed by atoms with Crippen LogP contribution in [0.3, 0.4) is 0 Å². The van der Waals surface area contributed by atoms with Crippen molar-refractivity contribution in [3.8, 4) is 57.1 Å². The summed E-state index contributed by atoms with van der Waals surface area (Å²) in [6.07, 6.45) is 11.4. The summed E-state index contributed by atoms with van der Waals surface area (Å²) in [4.78, 5) is 25.9. The number of para-hydroxylation sites is 2. The van der Waals surface area contributed by atoms with Crippen molar-refractivity contribution in [1.29, 1.82) is 0 Å². The second-order valence-electron chi connectivity index (χ2n) is 18.0. The van der Waals surface area contributed by atoms with Gasteiger partial charge in [-0.1, -0.05) is 12.1 Å². The zero-order valence-electron chi connectivity index (χ0n) is 45.6. The number of hydrogen-bond donors (Lipinski definition) is 0. The molecule has 8 aromatic rings. The Labute approximate surface area is 454 Å². The Kier molecular flexibility index (Phi) is 19.0. The van der Waals surface area contributed by atoms with Gasteiger partial charge in [0.25, 0.3) is 0 Å². The van der Waals surface area contributed by atoms with Gasteiger partial charge in [0.15, 0.2) is 43.0 Å². The first-order valence-electron chi connectivity index (χ1n) is 24.8. The lowest BCUT2D eigenvalue weighted by molar-refractivity contribution is 0.0585. The monoisotopic (exact) mass is 1100 g/mol. The zero-order chi connectivity index (χ0) is 56.3. The Morgan fingerprint density at radius 2 is 0.846 bits per heavy atom. The maximum atomic E-state index is 13.9. The van der Waals surface area contributed by atoms with Gasteiger partial charge in [-0.2, -0.15) is 0 Å². The van der Waals surface area contributed by atoms with Crippen LogP contribution in [-0.2, 0) is 40.7 Å². The SMILES string of the molecule is CCO[C@@H](c1cnc(C)cn1)[C@@H](C)S(=O)(=O)Cc1nnc(-c2cncc(C)c2)n1-c1c(OC)cccc1OC.CCO[C@H](c1cnc(C)cn1)[C@H](C)S(=O)(=O)Cc1nnc(-c2cncc(C)c2)n1-c1c(OC)cccc1OC. The summed E-state index contributed by atoms with van der Waals surface area (Å²) < 4.78 is 93.0. The lowest BCUT2D eigenvalue weighted by Crippen LogP contribution is -2.30. The lowest BCUT2D eigenvalue weighted by Gasteiger charge is -2.23. The molecule has 0 bridgehead atoms. The van der Waals surface area contributed by atoms with Crippen LogP contribution in [0.1, 0.15) is 85.5 Å². The average molecular weight is 1110 g/mol. The number of aryl methyl sites for hydroxylation is 4. The smallest absolute Gasteiger partial charge is 0.170 e. The van der Waals surface area contributed by atoms with Gasteiger partial charge in [0, 0.05) is 61.5 Å². The van der Waals surface area contributed by atoms with Gasteiger partial charge in [-0.05, 0) is 103 Å². The molecule has 0 amide bonds. The Balaban J connectivity index is 0.000000226. The van der Waals surface area contributed by atoms with E-state index in [1.165, 1.54) is 28.4 Å². The Morgan fingerprint density at radius 1 is 0.487 bits per heavy atom. The van der Waals surface area contributed by atoms with E-state index in [0.717, 1.165) is 22.5 Å². The third-order valence-electron chi connectivity index (χ3n) is 12.5. The minimum Gasteiger partial charge on any atom is -0.494 e. The number of nitrogens with zero attached hydrogens (tertiary/aromatic N) is 12. The number of aromatic nitrogens is 12. The fourth-order valence-electron chi connectivity index (χ4n) is 8.50. The molecular weight excluding hydrogens is 1040 g/mol. The molecule has 2 aromatic carbocycles. The van der Waals surface area contributed by atoms with Crippen LogP contribution in [0, 0.1) is 27.7 Å². The van der Waals surface area contributed by atoms with Gasteiger partial charge in [0.05, 0.1) is 74.1 Å². The summed E-state index contributed by atoms with van der Waals surface area (Å²) in [5, 5.41) is 15.5. The van der Waals surface area contributed by atoms with Gasteiger partial charge in [0.2, 0.25) is 0 Å². The largest absolute Gasteiger partial charge is 0.494 e. The molecule has 0 aliphatic carbocycles. The molecule has 0 saturated carbocycles. The van der Waals surface area contributed by atoms with Gasteiger partial charge in [-0.25, -0.2) is 16.8 Å². The molecule has 6 heterocycles. The molecule has 0 unspecified atom stereocenters. The fourth-order valence-corrected chi connectivity index (χ4v) is 11.3. The molecule has 412 valence electrons. The van der Waals surface area contributed by atoms with E-state index >= 15 is 0 Å². The first-order valence-corrected chi connectivity index (χ1v) is 28.2. The first kappa shape index (κ1) is 57.9. The van der Waals surface area contributed by atoms with Crippen molar-refractivity contribution in [2.75, 3.05) is 41.7 Å². The predicted molar refractivity (Wildman–Crippen MR) is 291 cm³/mol. The standard InChI is InChI=1S/2C27H32N6O5S/c2*1-7-38-26(21-15-29-18(3)13-30-21)19(4)39(34,35)16-24-31-32-27(20-11-17(2)12-28-14-20)33(24)25-22(36-5)9-8-10-23(25)37-6/h2*8-15,19,26H,7,16H2,1-6H3/t2*19-,26-/m10/s1. The Hall–Kier alpha value is -7.80. The van der Waals surface area contributed by atoms with Crippen LogP contribution in [0.15, 0.2) is 98.1 Å². The summed E-state index contributed by atoms with van der Waals surface area (Å²) >= 11 is 0. The number of hydrogen-bond acceptors (Lipinski definition) is 20. The molecule has 0 fully saturated rings.